The molecule has 0 unspecified atom stereocenters. The molecule has 0 N–H and O–H groups in total. The molecule has 0 saturated heterocycles. The Hall–Kier alpha value is -2.62. The maximum Gasteiger partial charge on any atom is 0.135 e. The zero-order valence-corrected chi connectivity index (χ0v) is 11.3. The summed E-state index contributed by atoms with van der Waals surface area (Å²) in [6.45, 7) is 1.82. The zero-order chi connectivity index (χ0) is 14.8. The molecule has 2 nitrogen and oxygen atoms in total. The molecule has 1 heterocycles. The van der Waals surface area contributed by atoms with Gasteiger partial charge in [-0.3, -0.25) is 0 Å². The van der Waals surface area contributed by atoms with Crippen LogP contribution in [0.5, 0.6) is 0 Å². The van der Waals surface area contributed by atoms with E-state index in [2.05, 4.69) is 10.2 Å². The Morgan fingerprint density at radius 3 is 2.14 bits per heavy atom. The fourth-order valence-electron chi connectivity index (χ4n) is 2.23. The third-order valence-corrected chi connectivity index (χ3v) is 3.28. The Balaban J connectivity index is 2.19. The summed E-state index contributed by atoms with van der Waals surface area (Å²) < 4.78 is 27.7. The molecule has 0 atom stereocenters. The first kappa shape index (κ1) is 13.4. The van der Waals surface area contributed by atoms with Crippen LogP contribution in [-0.4, -0.2) is 10.2 Å². The maximum atomic E-state index is 13.9. The van der Waals surface area contributed by atoms with Crippen molar-refractivity contribution in [2.45, 2.75) is 6.92 Å². The molecule has 0 bridgehead atoms. The average molecular weight is 282 g/mol. The van der Waals surface area contributed by atoms with E-state index >= 15 is 0 Å². The second-order valence-corrected chi connectivity index (χ2v) is 4.69. The van der Waals surface area contributed by atoms with Gasteiger partial charge >= 0.3 is 0 Å². The van der Waals surface area contributed by atoms with E-state index in [4.69, 9.17) is 0 Å². The van der Waals surface area contributed by atoms with Gasteiger partial charge in [-0.05, 0) is 30.7 Å². The number of hydrogen-bond acceptors (Lipinski definition) is 2. The fourth-order valence-corrected chi connectivity index (χ4v) is 2.23. The van der Waals surface area contributed by atoms with E-state index in [1.165, 1.54) is 18.2 Å². The quantitative estimate of drug-likeness (QED) is 0.696. The number of hydrogen-bond donors (Lipinski definition) is 0. The number of benzene rings is 2. The molecule has 0 aliphatic heterocycles. The van der Waals surface area contributed by atoms with Gasteiger partial charge < -0.3 is 0 Å². The molecule has 0 saturated carbocycles. The maximum absolute atomic E-state index is 13.9. The summed E-state index contributed by atoms with van der Waals surface area (Å²) >= 11 is 0. The van der Waals surface area contributed by atoms with Crippen LogP contribution in [0.4, 0.5) is 8.78 Å². The van der Waals surface area contributed by atoms with Crippen LogP contribution in [-0.2, 0) is 0 Å². The average Bonchev–Trinajstić information content (AvgIpc) is 2.49. The molecule has 21 heavy (non-hydrogen) atoms. The molecular weight excluding hydrogens is 270 g/mol. The van der Waals surface area contributed by atoms with Crippen molar-refractivity contribution in [2.75, 3.05) is 0 Å². The van der Waals surface area contributed by atoms with Crippen molar-refractivity contribution in [1.82, 2.24) is 10.2 Å². The van der Waals surface area contributed by atoms with Crippen molar-refractivity contribution in [3.63, 3.8) is 0 Å². The largest absolute Gasteiger partial charge is 0.206 e. The van der Waals surface area contributed by atoms with Gasteiger partial charge in [0.05, 0.1) is 17.0 Å². The van der Waals surface area contributed by atoms with Crippen molar-refractivity contribution in [3.05, 3.63) is 71.9 Å². The van der Waals surface area contributed by atoms with Crippen molar-refractivity contribution >= 4 is 0 Å². The van der Waals surface area contributed by atoms with Crippen LogP contribution in [0.2, 0.25) is 0 Å². The summed E-state index contributed by atoms with van der Waals surface area (Å²) in [7, 11) is 0. The first-order valence-electron chi connectivity index (χ1n) is 6.51. The van der Waals surface area contributed by atoms with Gasteiger partial charge in [0.15, 0.2) is 0 Å². The lowest BCUT2D eigenvalue weighted by Gasteiger charge is -2.08. The van der Waals surface area contributed by atoms with E-state index in [-0.39, 0.29) is 11.3 Å². The molecule has 3 rings (SSSR count). The number of aromatic nitrogens is 2. The lowest BCUT2D eigenvalue weighted by Crippen LogP contribution is -1.98. The van der Waals surface area contributed by atoms with Gasteiger partial charge in [-0.25, -0.2) is 8.78 Å². The lowest BCUT2D eigenvalue weighted by atomic mass is 10.0. The van der Waals surface area contributed by atoms with Gasteiger partial charge in [-0.15, -0.1) is 0 Å². The number of nitrogens with zero attached hydrogens (tertiary/aromatic N) is 2. The molecule has 0 spiro atoms. The van der Waals surface area contributed by atoms with E-state index in [0.29, 0.717) is 5.69 Å². The molecule has 0 fully saturated rings. The minimum atomic E-state index is -0.646. The predicted octanol–water partition coefficient (Wildman–Crippen LogP) is 4.40. The zero-order valence-electron chi connectivity index (χ0n) is 11.3. The van der Waals surface area contributed by atoms with E-state index in [0.717, 1.165) is 11.1 Å². The van der Waals surface area contributed by atoms with Crippen molar-refractivity contribution in [2.24, 2.45) is 0 Å². The third-order valence-electron chi connectivity index (χ3n) is 3.28. The summed E-state index contributed by atoms with van der Waals surface area (Å²) in [5.74, 6) is -1.29. The Bertz CT molecular complexity index is 766. The second kappa shape index (κ2) is 5.40. The molecular formula is C17H12F2N2. The Kier molecular flexibility index (Phi) is 3.44. The van der Waals surface area contributed by atoms with Crippen molar-refractivity contribution in [1.29, 1.82) is 0 Å². The Morgan fingerprint density at radius 1 is 0.810 bits per heavy atom. The normalized spacial score (nSPS) is 10.6. The smallest absolute Gasteiger partial charge is 0.135 e. The molecule has 0 amide bonds. The van der Waals surface area contributed by atoms with Gasteiger partial charge in [0.25, 0.3) is 0 Å². The van der Waals surface area contributed by atoms with Gasteiger partial charge in [-0.2, -0.15) is 10.2 Å². The highest BCUT2D eigenvalue weighted by Crippen LogP contribution is 2.29. The molecule has 4 heteroatoms. The topological polar surface area (TPSA) is 25.8 Å². The molecule has 0 aliphatic rings. The van der Waals surface area contributed by atoms with Crippen LogP contribution in [0.25, 0.3) is 22.4 Å². The Morgan fingerprint density at radius 2 is 1.48 bits per heavy atom. The lowest BCUT2D eigenvalue weighted by molar-refractivity contribution is 0.588. The van der Waals surface area contributed by atoms with E-state index in [1.807, 2.05) is 37.3 Å². The highest BCUT2D eigenvalue weighted by molar-refractivity contribution is 5.72. The van der Waals surface area contributed by atoms with Gasteiger partial charge in [0, 0.05) is 5.56 Å². The van der Waals surface area contributed by atoms with Crippen LogP contribution in [0.3, 0.4) is 0 Å². The van der Waals surface area contributed by atoms with Crippen LogP contribution < -0.4 is 0 Å². The number of rotatable bonds is 2. The van der Waals surface area contributed by atoms with Gasteiger partial charge in [0.2, 0.25) is 0 Å². The number of aryl methyl sites for hydroxylation is 1. The highest BCUT2D eigenvalue weighted by atomic mass is 19.1. The third kappa shape index (κ3) is 2.52. The van der Waals surface area contributed by atoms with Crippen molar-refractivity contribution in [3.8, 4) is 22.4 Å². The predicted molar refractivity (Wildman–Crippen MR) is 77.6 cm³/mol. The van der Waals surface area contributed by atoms with Crippen LogP contribution in [0.15, 0.2) is 54.6 Å². The summed E-state index contributed by atoms with van der Waals surface area (Å²) in [6.07, 6.45) is 0. The molecule has 0 radical (unpaired) electrons. The molecule has 1 aromatic heterocycles. The summed E-state index contributed by atoms with van der Waals surface area (Å²) in [6, 6.07) is 15.0. The van der Waals surface area contributed by atoms with E-state index in [9.17, 15) is 8.78 Å². The highest BCUT2D eigenvalue weighted by Gasteiger charge is 2.15. The van der Waals surface area contributed by atoms with Crippen LogP contribution in [0, 0.1) is 18.6 Å². The summed E-state index contributed by atoms with van der Waals surface area (Å²) in [5, 5.41) is 7.96. The SMILES string of the molecule is Cc1nnc(-c2c(F)cccc2F)cc1-c1ccccc1. The van der Waals surface area contributed by atoms with Gasteiger partial charge in [-0.1, -0.05) is 36.4 Å². The van der Waals surface area contributed by atoms with Crippen molar-refractivity contribution < 1.29 is 8.78 Å². The van der Waals surface area contributed by atoms with Crippen LogP contribution in [0.1, 0.15) is 5.69 Å². The van der Waals surface area contributed by atoms with E-state index < -0.39 is 11.6 Å². The fraction of sp³-hybridized carbons (Fsp3) is 0.0588. The monoisotopic (exact) mass is 282 g/mol. The minimum absolute atomic E-state index is 0.151. The molecule has 104 valence electrons. The van der Waals surface area contributed by atoms with Crippen LogP contribution >= 0.6 is 0 Å². The first-order chi connectivity index (χ1) is 10.2. The van der Waals surface area contributed by atoms with Gasteiger partial charge in [0.1, 0.15) is 11.6 Å². The molecule has 3 aromatic rings. The van der Waals surface area contributed by atoms with E-state index in [1.54, 1.807) is 6.07 Å². The molecule has 0 aliphatic carbocycles. The molecule has 2 aromatic carbocycles. The number of halogens is 2. The Labute approximate surface area is 121 Å². The first-order valence-corrected chi connectivity index (χ1v) is 6.51. The second-order valence-electron chi connectivity index (χ2n) is 4.69. The minimum Gasteiger partial charge on any atom is -0.206 e. The standard InChI is InChI=1S/C17H12F2N2/c1-11-13(12-6-3-2-4-7-12)10-16(21-20-11)17-14(18)8-5-9-15(17)19/h2-10H,1H3. The summed E-state index contributed by atoms with van der Waals surface area (Å²) in [5.41, 5.74) is 2.49. The summed E-state index contributed by atoms with van der Waals surface area (Å²) in [4.78, 5) is 0.